The summed E-state index contributed by atoms with van der Waals surface area (Å²) in [6, 6.07) is 6.04. The molecule has 1 atom stereocenters. The van der Waals surface area contributed by atoms with E-state index < -0.39 is 0 Å². The van der Waals surface area contributed by atoms with Gasteiger partial charge < -0.3 is 4.74 Å². The average molecular weight is 189 g/mol. The van der Waals surface area contributed by atoms with Crippen LogP contribution in [0.5, 0.6) is 0 Å². The van der Waals surface area contributed by atoms with E-state index in [0.29, 0.717) is 0 Å². The van der Waals surface area contributed by atoms with Crippen molar-refractivity contribution >= 4 is 5.57 Å². The molecule has 0 spiro atoms. The Morgan fingerprint density at radius 1 is 1.57 bits per heavy atom. The normalized spacial score (nSPS) is 21.1. The van der Waals surface area contributed by atoms with Gasteiger partial charge in [-0.1, -0.05) is 12.6 Å². The zero-order chi connectivity index (χ0) is 9.97. The third-order valence-electron chi connectivity index (χ3n) is 2.47. The smallest absolute Gasteiger partial charge is 0.0995 e. The summed E-state index contributed by atoms with van der Waals surface area (Å²) in [6.07, 6.45) is 2.44. The van der Waals surface area contributed by atoms with Gasteiger partial charge in [0.2, 0.25) is 0 Å². The maximum atomic E-state index is 5.58. The third kappa shape index (κ3) is 1.85. The molecule has 0 N–H and O–H groups in total. The van der Waals surface area contributed by atoms with Gasteiger partial charge in [-0.15, -0.1) is 0 Å². The second-order valence-corrected chi connectivity index (χ2v) is 3.73. The molecule has 1 aliphatic rings. The van der Waals surface area contributed by atoms with Crippen molar-refractivity contribution in [3.63, 3.8) is 0 Å². The lowest BCUT2D eigenvalue weighted by Gasteiger charge is -2.09. The first-order valence-electron chi connectivity index (χ1n) is 5.02. The van der Waals surface area contributed by atoms with Crippen LogP contribution in [-0.2, 0) is 4.74 Å². The van der Waals surface area contributed by atoms with Crippen LogP contribution in [-0.4, -0.2) is 11.6 Å². The van der Waals surface area contributed by atoms with Crippen LogP contribution in [0.1, 0.15) is 37.3 Å². The van der Waals surface area contributed by atoms with Crippen molar-refractivity contribution in [2.24, 2.45) is 0 Å². The Labute approximate surface area is 84.6 Å². The van der Waals surface area contributed by atoms with Gasteiger partial charge in [0.25, 0.3) is 0 Å². The minimum atomic E-state index is 0.203. The Bertz CT molecular complexity index is 340. The lowest BCUT2D eigenvalue weighted by molar-refractivity contribution is 0.108. The van der Waals surface area contributed by atoms with Crippen LogP contribution < -0.4 is 0 Å². The maximum absolute atomic E-state index is 5.58. The lowest BCUT2D eigenvalue weighted by Crippen LogP contribution is -2.00. The van der Waals surface area contributed by atoms with Crippen molar-refractivity contribution in [1.29, 1.82) is 0 Å². The average Bonchev–Trinajstić information content (AvgIpc) is 2.71. The van der Waals surface area contributed by atoms with Gasteiger partial charge in [0.05, 0.1) is 17.5 Å². The standard InChI is InChI=1S/C12H15NO/c1-9(2)10-5-3-6-11(13-10)12-7-4-8-14-12/h3,5-6,12H,1,4,7-8H2,2H3. The molecule has 74 valence electrons. The molecule has 1 unspecified atom stereocenters. The van der Waals surface area contributed by atoms with Crippen molar-refractivity contribution in [3.05, 3.63) is 36.2 Å². The topological polar surface area (TPSA) is 22.1 Å². The predicted octanol–water partition coefficient (Wildman–Crippen LogP) is 2.97. The molecule has 1 fully saturated rings. The number of aromatic nitrogens is 1. The molecule has 1 aromatic rings. The highest BCUT2D eigenvalue weighted by Gasteiger charge is 2.18. The van der Waals surface area contributed by atoms with Gasteiger partial charge in [-0.05, 0) is 37.5 Å². The van der Waals surface area contributed by atoms with Crippen molar-refractivity contribution < 1.29 is 4.74 Å². The molecule has 0 saturated carbocycles. The van der Waals surface area contributed by atoms with Crippen molar-refractivity contribution in [3.8, 4) is 0 Å². The molecule has 14 heavy (non-hydrogen) atoms. The number of nitrogens with zero attached hydrogens (tertiary/aromatic N) is 1. The van der Waals surface area contributed by atoms with Crippen LogP contribution in [0.2, 0.25) is 0 Å². The highest BCUT2D eigenvalue weighted by atomic mass is 16.5. The summed E-state index contributed by atoms with van der Waals surface area (Å²) in [7, 11) is 0. The van der Waals surface area contributed by atoms with Gasteiger partial charge in [0.15, 0.2) is 0 Å². The molecule has 1 aliphatic heterocycles. The Morgan fingerprint density at radius 2 is 2.43 bits per heavy atom. The highest BCUT2D eigenvalue weighted by Crippen LogP contribution is 2.27. The summed E-state index contributed by atoms with van der Waals surface area (Å²) >= 11 is 0. The number of allylic oxidation sites excluding steroid dienone is 1. The SMILES string of the molecule is C=C(C)c1cccc(C2CCCO2)n1. The quantitative estimate of drug-likeness (QED) is 0.713. The summed E-state index contributed by atoms with van der Waals surface area (Å²) in [4.78, 5) is 4.53. The molecule has 1 aromatic heterocycles. The summed E-state index contributed by atoms with van der Waals surface area (Å²) in [5.74, 6) is 0. The van der Waals surface area contributed by atoms with Gasteiger partial charge in [-0.25, -0.2) is 0 Å². The maximum Gasteiger partial charge on any atom is 0.0995 e. The first kappa shape index (κ1) is 9.41. The fourth-order valence-corrected chi connectivity index (χ4v) is 1.68. The molecule has 0 aromatic carbocycles. The summed E-state index contributed by atoms with van der Waals surface area (Å²) < 4.78 is 5.58. The van der Waals surface area contributed by atoms with Crippen LogP contribution >= 0.6 is 0 Å². The summed E-state index contributed by atoms with van der Waals surface area (Å²) in [5, 5.41) is 0. The molecule has 2 heterocycles. The minimum absolute atomic E-state index is 0.203. The molecule has 0 radical (unpaired) electrons. The number of hydrogen-bond donors (Lipinski definition) is 0. The Morgan fingerprint density at radius 3 is 3.07 bits per heavy atom. The van der Waals surface area contributed by atoms with E-state index in [1.54, 1.807) is 0 Å². The number of ether oxygens (including phenoxy) is 1. The molecule has 1 saturated heterocycles. The van der Waals surface area contributed by atoms with Crippen LogP contribution in [0.4, 0.5) is 0 Å². The molecule has 2 rings (SSSR count). The van der Waals surface area contributed by atoms with Crippen molar-refractivity contribution in [1.82, 2.24) is 4.98 Å². The van der Waals surface area contributed by atoms with E-state index in [-0.39, 0.29) is 6.10 Å². The van der Waals surface area contributed by atoms with Gasteiger partial charge >= 0.3 is 0 Å². The number of rotatable bonds is 2. The van der Waals surface area contributed by atoms with Gasteiger partial charge in [-0.2, -0.15) is 0 Å². The van der Waals surface area contributed by atoms with Crippen molar-refractivity contribution in [2.75, 3.05) is 6.61 Å². The van der Waals surface area contributed by atoms with E-state index in [1.165, 1.54) is 0 Å². The number of pyridine rings is 1. The molecular formula is C12H15NO. The highest BCUT2D eigenvalue weighted by molar-refractivity contribution is 5.57. The van der Waals surface area contributed by atoms with E-state index in [0.717, 1.165) is 36.4 Å². The summed E-state index contributed by atoms with van der Waals surface area (Å²) in [5.41, 5.74) is 3.02. The van der Waals surface area contributed by atoms with Crippen LogP contribution in [0, 0.1) is 0 Å². The Hall–Kier alpha value is -1.15. The first-order valence-corrected chi connectivity index (χ1v) is 5.02. The van der Waals surface area contributed by atoms with Crippen LogP contribution in [0.15, 0.2) is 24.8 Å². The Balaban J connectivity index is 2.25. The predicted molar refractivity (Wildman–Crippen MR) is 56.9 cm³/mol. The van der Waals surface area contributed by atoms with Gasteiger partial charge in [-0.3, -0.25) is 4.98 Å². The first-order chi connectivity index (χ1) is 6.77. The second kappa shape index (κ2) is 3.93. The van der Waals surface area contributed by atoms with E-state index in [9.17, 15) is 0 Å². The zero-order valence-electron chi connectivity index (χ0n) is 8.49. The third-order valence-corrected chi connectivity index (χ3v) is 2.47. The minimum Gasteiger partial charge on any atom is -0.372 e. The molecular weight excluding hydrogens is 174 g/mol. The lowest BCUT2D eigenvalue weighted by atomic mass is 10.1. The molecule has 2 heteroatoms. The van der Waals surface area contributed by atoms with E-state index in [1.807, 2.05) is 25.1 Å². The number of hydrogen-bond acceptors (Lipinski definition) is 2. The van der Waals surface area contributed by atoms with E-state index >= 15 is 0 Å². The van der Waals surface area contributed by atoms with E-state index in [2.05, 4.69) is 11.6 Å². The fourth-order valence-electron chi connectivity index (χ4n) is 1.68. The largest absolute Gasteiger partial charge is 0.372 e. The summed E-state index contributed by atoms with van der Waals surface area (Å²) in [6.45, 7) is 6.73. The zero-order valence-corrected chi connectivity index (χ0v) is 8.49. The van der Waals surface area contributed by atoms with Crippen LogP contribution in [0.25, 0.3) is 5.57 Å². The van der Waals surface area contributed by atoms with Gasteiger partial charge in [0.1, 0.15) is 0 Å². The molecule has 0 aliphatic carbocycles. The van der Waals surface area contributed by atoms with Gasteiger partial charge in [0, 0.05) is 6.61 Å². The molecule has 0 amide bonds. The van der Waals surface area contributed by atoms with Crippen molar-refractivity contribution in [2.45, 2.75) is 25.9 Å². The van der Waals surface area contributed by atoms with Crippen LogP contribution in [0.3, 0.4) is 0 Å². The molecule has 0 bridgehead atoms. The van der Waals surface area contributed by atoms with E-state index in [4.69, 9.17) is 4.74 Å². The monoisotopic (exact) mass is 189 g/mol. The second-order valence-electron chi connectivity index (χ2n) is 3.73. The molecule has 2 nitrogen and oxygen atoms in total. The Kier molecular flexibility index (Phi) is 2.64. The fraction of sp³-hybridized carbons (Fsp3) is 0.417.